The van der Waals surface area contributed by atoms with Crippen molar-refractivity contribution in [3.05, 3.63) is 33.3 Å². The first-order chi connectivity index (χ1) is 7.71. The van der Waals surface area contributed by atoms with E-state index in [2.05, 4.69) is 15.9 Å². The standard InChI is InChI=1S/C10H7BrClF3O2/c11-7-2-1-5(3-8(7)12)6(4-9(16)17)10(13,14)15/h1-3,6H,4H2,(H,16,17). The van der Waals surface area contributed by atoms with E-state index in [4.69, 9.17) is 16.7 Å². The second-order valence-corrected chi connectivity index (χ2v) is 4.63. The van der Waals surface area contributed by atoms with Crippen LogP contribution < -0.4 is 0 Å². The van der Waals surface area contributed by atoms with E-state index >= 15 is 0 Å². The highest BCUT2D eigenvalue weighted by Gasteiger charge is 2.42. The van der Waals surface area contributed by atoms with Gasteiger partial charge < -0.3 is 5.11 Å². The molecule has 7 heteroatoms. The maximum atomic E-state index is 12.7. The third-order valence-corrected chi connectivity index (χ3v) is 3.35. The molecule has 2 nitrogen and oxygen atoms in total. The summed E-state index contributed by atoms with van der Waals surface area (Å²) in [5.41, 5.74) is -0.159. The maximum Gasteiger partial charge on any atom is 0.396 e. The third-order valence-electron chi connectivity index (χ3n) is 2.12. The van der Waals surface area contributed by atoms with Gasteiger partial charge in [-0.1, -0.05) is 17.7 Å². The van der Waals surface area contributed by atoms with E-state index in [1.807, 2.05) is 0 Å². The van der Waals surface area contributed by atoms with Crippen molar-refractivity contribution in [3.63, 3.8) is 0 Å². The van der Waals surface area contributed by atoms with Gasteiger partial charge in [0.15, 0.2) is 0 Å². The smallest absolute Gasteiger partial charge is 0.396 e. The van der Waals surface area contributed by atoms with E-state index in [0.717, 1.165) is 6.07 Å². The predicted molar refractivity (Wildman–Crippen MR) is 60.2 cm³/mol. The summed E-state index contributed by atoms with van der Waals surface area (Å²) in [5.74, 6) is -3.56. The fraction of sp³-hybridized carbons (Fsp3) is 0.300. The molecule has 0 heterocycles. The Labute approximate surface area is 109 Å². The molecule has 0 aromatic heterocycles. The topological polar surface area (TPSA) is 37.3 Å². The number of rotatable bonds is 3. The van der Waals surface area contributed by atoms with Crippen molar-refractivity contribution in [2.75, 3.05) is 0 Å². The minimum absolute atomic E-state index is 0.113. The molecule has 1 unspecified atom stereocenters. The Balaban J connectivity index is 3.13. The number of benzene rings is 1. The van der Waals surface area contributed by atoms with Gasteiger partial charge in [0.1, 0.15) is 0 Å². The van der Waals surface area contributed by atoms with Crippen LogP contribution in [0.1, 0.15) is 17.9 Å². The molecule has 0 aliphatic heterocycles. The van der Waals surface area contributed by atoms with Gasteiger partial charge in [0.25, 0.3) is 0 Å². The van der Waals surface area contributed by atoms with Crippen LogP contribution in [0.25, 0.3) is 0 Å². The molecular formula is C10H7BrClF3O2. The van der Waals surface area contributed by atoms with Gasteiger partial charge in [-0.2, -0.15) is 13.2 Å². The van der Waals surface area contributed by atoms with Crippen LogP contribution in [0.3, 0.4) is 0 Å². The summed E-state index contributed by atoms with van der Waals surface area (Å²) in [6.45, 7) is 0. The first-order valence-electron chi connectivity index (χ1n) is 4.45. The van der Waals surface area contributed by atoms with Gasteiger partial charge in [0.2, 0.25) is 0 Å². The lowest BCUT2D eigenvalue weighted by Gasteiger charge is -2.19. The van der Waals surface area contributed by atoms with Crippen molar-refractivity contribution >= 4 is 33.5 Å². The lowest BCUT2D eigenvalue weighted by Crippen LogP contribution is -2.23. The highest BCUT2D eigenvalue weighted by molar-refractivity contribution is 9.10. The van der Waals surface area contributed by atoms with Crippen molar-refractivity contribution in [3.8, 4) is 0 Å². The molecule has 0 bridgehead atoms. The van der Waals surface area contributed by atoms with Gasteiger partial charge in [0.05, 0.1) is 17.4 Å². The number of carbonyl (C=O) groups is 1. The van der Waals surface area contributed by atoms with Crippen molar-refractivity contribution in [2.45, 2.75) is 18.5 Å². The minimum atomic E-state index is -4.62. The van der Waals surface area contributed by atoms with Crippen LogP contribution in [0, 0.1) is 0 Å². The zero-order valence-electron chi connectivity index (χ0n) is 8.26. The molecular weight excluding hydrogens is 324 g/mol. The zero-order valence-corrected chi connectivity index (χ0v) is 10.6. The number of aliphatic carboxylic acids is 1. The molecule has 0 fully saturated rings. The van der Waals surface area contributed by atoms with Crippen molar-refractivity contribution in [1.29, 1.82) is 0 Å². The lowest BCUT2D eigenvalue weighted by atomic mass is 9.95. The minimum Gasteiger partial charge on any atom is -0.481 e. The number of halogens is 5. The summed E-state index contributed by atoms with van der Waals surface area (Å²) >= 11 is 8.73. The van der Waals surface area contributed by atoms with Gasteiger partial charge >= 0.3 is 12.1 Å². The highest BCUT2D eigenvalue weighted by atomic mass is 79.9. The molecule has 1 N–H and O–H groups in total. The molecule has 1 atom stereocenters. The van der Waals surface area contributed by atoms with Gasteiger partial charge in [-0.3, -0.25) is 4.79 Å². The normalized spacial score (nSPS) is 13.5. The molecule has 17 heavy (non-hydrogen) atoms. The summed E-state index contributed by atoms with van der Waals surface area (Å²) in [5, 5.41) is 8.60. The van der Waals surface area contributed by atoms with E-state index < -0.39 is 24.5 Å². The third kappa shape index (κ3) is 3.89. The Kier molecular flexibility index (Phi) is 4.43. The molecule has 0 saturated carbocycles. The van der Waals surface area contributed by atoms with E-state index in [1.54, 1.807) is 0 Å². The molecule has 0 aliphatic rings. The molecule has 1 aromatic carbocycles. The molecule has 0 aliphatic carbocycles. The quantitative estimate of drug-likeness (QED) is 0.900. The van der Waals surface area contributed by atoms with E-state index in [1.165, 1.54) is 12.1 Å². The van der Waals surface area contributed by atoms with Crippen molar-refractivity contribution in [1.82, 2.24) is 0 Å². The highest BCUT2D eigenvalue weighted by Crippen LogP contribution is 2.39. The number of hydrogen-bond acceptors (Lipinski definition) is 1. The van der Waals surface area contributed by atoms with E-state index in [9.17, 15) is 18.0 Å². The molecule has 1 rings (SSSR count). The van der Waals surface area contributed by atoms with Crippen LogP contribution in [0.5, 0.6) is 0 Å². The molecule has 0 saturated heterocycles. The Bertz CT molecular complexity index is 434. The predicted octanol–water partition coefficient (Wildman–Crippen LogP) is 4.22. The molecule has 0 amide bonds. The number of carboxylic acid groups (broad SMARTS) is 1. The van der Waals surface area contributed by atoms with Gasteiger partial charge in [0, 0.05) is 4.47 Å². The summed E-state index contributed by atoms with van der Waals surface area (Å²) in [6, 6.07) is 3.68. The Hall–Kier alpha value is -0.750. The van der Waals surface area contributed by atoms with Crippen molar-refractivity contribution < 1.29 is 23.1 Å². The van der Waals surface area contributed by atoms with E-state index in [-0.39, 0.29) is 10.6 Å². The Morgan fingerprint density at radius 1 is 1.47 bits per heavy atom. The molecule has 0 spiro atoms. The number of hydrogen-bond donors (Lipinski definition) is 1. The fourth-order valence-electron chi connectivity index (χ4n) is 1.33. The number of carboxylic acids is 1. The van der Waals surface area contributed by atoms with Gasteiger partial charge in [-0.25, -0.2) is 0 Å². The van der Waals surface area contributed by atoms with Crippen LogP contribution in [-0.2, 0) is 4.79 Å². The zero-order chi connectivity index (χ0) is 13.2. The Morgan fingerprint density at radius 3 is 2.47 bits per heavy atom. The summed E-state index contributed by atoms with van der Waals surface area (Å²) < 4.78 is 38.5. The van der Waals surface area contributed by atoms with Crippen LogP contribution in [0.2, 0.25) is 5.02 Å². The lowest BCUT2D eigenvalue weighted by molar-refractivity contribution is -0.163. The van der Waals surface area contributed by atoms with Gasteiger partial charge in [-0.15, -0.1) is 0 Å². The second kappa shape index (κ2) is 5.27. The van der Waals surface area contributed by atoms with Crippen LogP contribution in [0.15, 0.2) is 22.7 Å². The summed E-state index contributed by atoms with van der Waals surface area (Å²) in [4.78, 5) is 10.4. The first-order valence-corrected chi connectivity index (χ1v) is 5.62. The average molecular weight is 332 g/mol. The Morgan fingerprint density at radius 2 is 2.06 bits per heavy atom. The SMILES string of the molecule is O=C(O)CC(c1ccc(Br)c(Cl)c1)C(F)(F)F. The molecule has 1 aromatic rings. The van der Waals surface area contributed by atoms with Crippen molar-refractivity contribution in [2.24, 2.45) is 0 Å². The molecule has 94 valence electrons. The second-order valence-electron chi connectivity index (χ2n) is 3.37. The van der Waals surface area contributed by atoms with E-state index in [0.29, 0.717) is 4.47 Å². The van der Waals surface area contributed by atoms with Crippen LogP contribution >= 0.6 is 27.5 Å². The number of alkyl halides is 3. The fourth-order valence-corrected chi connectivity index (χ4v) is 1.76. The largest absolute Gasteiger partial charge is 0.481 e. The molecule has 0 radical (unpaired) electrons. The summed E-state index contributed by atoms with van der Waals surface area (Å²) in [6.07, 6.45) is -5.63. The van der Waals surface area contributed by atoms with Crippen LogP contribution in [-0.4, -0.2) is 17.3 Å². The van der Waals surface area contributed by atoms with Crippen LogP contribution in [0.4, 0.5) is 13.2 Å². The monoisotopic (exact) mass is 330 g/mol. The van der Waals surface area contributed by atoms with Gasteiger partial charge in [-0.05, 0) is 33.6 Å². The first kappa shape index (κ1) is 14.3. The maximum absolute atomic E-state index is 12.7. The average Bonchev–Trinajstić information content (AvgIpc) is 2.17. The summed E-state index contributed by atoms with van der Waals surface area (Å²) in [7, 11) is 0.